The zero-order valence-corrected chi connectivity index (χ0v) is 17.0. The maximum atomic E-state index is 12.5. The van der Waals surface area contributed by atoms with Crippen LogP contribution in [0.2, 0.25) is 0 Å². The predicted molar refractivity (Wildman–Crippen MR) is 102 cm³/mol. The molecule has 7 nitrogen and oxygen atoms in total. The lowest BCUT2D eigenvalue weighted by Crippen LogP contribution is -2.26. The highest BCUT2D eigenvalue weighted by Gasteiger charge is 2.18. The van der Waals surface area contributed by atoms with Crippen LogP contribution in [-0.2, 0) is 24.3 Å². The van der Waals surface area contributed by atoms with Gasteiger partial charge in [0.2, 0.25) is 5.91 Å². The van der Waals surface area contributed by atoms with Crippen molar-refractivity contribution >= 4 is 11.9 Å². The summed E-state index contributed by atoms with van der Waals surface area (Å²) in [6.45, 7) is 11.1. The summed E-state index contributed by atoms with van der Waals surface area (Å²) in [7, 11) is 1.70. The highest BCUT2D eigenvalue weighted by Crippen LogP contribution is 2.19. The number of carboxylic acid groups (broad SMARTS) is 1. The summed E-state index contributed by atoms with van der Waals surface area (Å²) in [5, 5.41) is 13.7. The number of amides is 1. The number of carbonyl (C=O) groups excluding carboxylic acids is 1. The monoisotopic (exact) mass is 375 g/mol. The second-order valence-corrected chi connectivity index (χ2v) is 7.46. The Morgan fingerprint density at radius 1 is 1.30 bits per heavy atom. The first kappa shape index (κ1) is 20.7. The zero-order valence-electron chi connectivity index (χ0n) is 17.0. The van der Waals surface area contributed by atoms with Crippen molar-refractivity contribution in [3.05, 3.63) is 40.1 Å². The number of hydrogen-bond donors (Lipinski definition) is 1. The van der Waals surface area contributed by atoms with Crippen LogP contribution in [0, 0.1) is 26.7 Å². The minimum absolute atomic E-state index is 0.0173. The van der Waals surface area contributed by atoms with Crippen LogP contribution < -0.4 is 0 Å². The van der Waals surface area contributed by atoms with E-state index in [-0.39, 0.29) is 18.0 Å². The first-order valence-corrected chi connectivity index (χ1v) is 9.19. The smallest absolute Gasteiger partial charge is 0.339 e. The van der Waals surface area contributed by atoms with Gasteiger partial charge in [-0.2, -0.15) is 5.10 Å². The van der Waals surface area contributed by atoms with E-state index in [0.717, 1.165) is 23.5 Å². The van der Waals surface area contributed by atoms with Crippen molar-refractivity contribution in [3.63, 3.8) is 0 Å². The van der Waals surface area contributed by atoms with Crippen molar-refractivity contribution in [2.45, 2.75) is 60.5 Å². The number of nitrogens with zero attached hydrogens (tertiary/aromatic N) is 3. The largest absolute Gasteiger partial charge is 0.478 e. The van der Waals surface area contributed by atoms with Gasteiger partial charge in [0.15, 0.2) is 0 Å². The second kappa shape index (κ2) is 8.41. The molecule has 2 aromatic heterocycles. The molecular weight excluding hydrogens is 346 g/mol. The van der Waals surface area contributed by atoms with E-state index in [4.69, 9.17) is 9.52 Å². The van der Waals surface area contributed by atoms with E-state index in [1.165, 1.54) is 6.07 Å². The Kier molecular flexibility index (Phi) is 6.46. The third-order valence-corrected chi connectivity index (χ3v) is 4.68. The maximum Gasteiger partial charge on any atom is 0.339 e. The van der Waals surface area contributed by atoms with Gasteiger partial charge in [0, 0.05) is 25.7 Å². The lowest BCUT2D eigenvalue weighted by molar-refractivity contribution is -0.130. The van der Waals surface area contributed by atoms with Crippen molar-refractivity contribution in [1.29, 1.82) is 0 Å². The Hall–Kier alpha value is -2.57. The van der Waals surface area contributed by atoms with E-state index in [1.54, 1.807) is 18.9 Å². The fourth-order valence-electron chi connectivity index (χ4n) is 3.20. The second-order valence-electron chi connectivity index (χ2n) is 7.46. The average Bonchev–Trinajstić information content (AvgIpc) is 3.05. The third kappa shape index (κ3) is 4.99. The number of aromatic nitrogens is 2. The highest BCUT2D eigenvalue weighted by atomic mass is 16.4. The van der Waals surface area contributed by atoms with Gasteiger partial charge in [0.25, 0.3) is 0 Å². The van der Waals surface area contributed by atoms with E-state index in [2.05, 4.69) is 18.9 Å². The topological polar surface area (TPSA) is 88.6 Å². The number of carbonyl (C=O) groups is 2. The van der Waals surface area contributed by atoms with Gasteiger partial charge >= 0.3 is 5.97 Å². The van der Waals surface area contributed by atoms with Crippen LogP contribution in [-0.4, -0.2) is 38.7 Å². The molecule has 0 saturated heterocycles. The fourth-order valence-corrected chi connectivity index (χ4v) is 3.20. The Labute approximate surface area is 160 Å². The minimum Gasteiger partial charge on any atom is -0.478 e. The molecule has 0 radical (unpaired) electrons. The lowest BCUT2D eigenvalue weighted by atomic mass is 10.1. The van der Waals surface area contributed by atoms with Gasteiger partial charge in [-0.3, -0.25) is 9.48 Å². The van der Waals surface area contributed by atoms with Gasteiger partial charge in [0.05, 0.1) is 12.2 Å². The van der Waals surface area contributed by atoms with E-state index in [9.17, 15) is 9.59 Å². The first-order valence-electron chi connectivity index (χ1n) is 9.19. The molecule has 7 heteroatoms. The Morgan fingerprint density at radius 2 is 1.96 bits per heavy atom. The predicted octanol–water partition coefficient (Wildman–Crippen LogP) is 3.35. The van der Waals surface area contributed by atoms with E-state index < -0.39 is 5.97 Å². The first-order chi connectivity index (χ1) is 12.6. The number of aryl methyl sites for hydroxylation is 2. The number of rotatable bonds is 8. The van der Waals surface area contributed by atoms with Crippen molar-refractivity contribution in [2.24, 2.45) is 5.92 Å². The van der Waals surface area contributed by atoms with Crippen LogP contribution in [0.5, 0.6) is 0 Å². The molecule has 148 valence electrons. The van der Waals surface area contributed by atoms with Gasteiger partial charge in [0.1, 0.15) is 17.1 Å². The molecule has 2 aromatic rings. The van der Waals surface area contributed by atoms with Crippen LogP contribution >= 0.6 is 0 Å². The summed E-state index contributed by atoms with van der Waals surface area (Å²) < 4.78 is 7.47. The fraction of sp³-hybridized carbons (Fsp3) is 0.550. The Morgan fingerprint density at radius 3 is 2.52 bits per heavy atom. The van der Waals surface area contributed by atoms with Gasteiger partial charge in [-0.15, -0.1) is 0 Å². The molecule has 0 aliphatic carbocycles. The third-order valence-electron chi connectivity index (χ3n) is 4.68. The number of furan rings is 1. The maximum absolute atomic E-state index is 12.5. The molecule has 0 aliphatic rings. The molecule has 0 fully saturated rings. The standard InChI is InChI=1S/C20H29N3O4/c1-12(2)10-23-14(4)17(13(3)21-23)7-8-19(24)22(6)11-16-9-18(20(25)26)15(5)27-16/h9,12H,7-8,10-11H2,1-6H3,(H,25,26). The molecule has 0 unspecified atom stereocenters. The number of aromatic carboxylic acids is 1. The van der Waals surface area contributed by atoms with Crippen LogP contribution in [0.15, 0.2) is 10.5 Å². The number of hydrogen-bond acceptors (Lipinski definition) is 4. The van der Waals surface area contributed by atoms with Crippen molar-refractivity contribution < 1.29 is 19.1 Å². The highest BCUT2D eigenvalue weighted by molar-refractivity contribution is 5.88. The van der Waals surface area contributed by atoms with Crippen LogP contribution in [0.4, 0.5) is 0 Å². The average molecular weight is 375 g/mol. The normalized spacial score (nSPS) is 11.2. The molecule has 1 amide bonds. The van der Waals surface area contributed by atoms with E-state index >= 15 is 0 Å². The van der Waals surface area contributed by atoms with Gasteiger partial charge in [-0.25, -0.2) is 4.79 Å². The summed E-state index contributed by atoms with van der Waals surface area (Å²) in [5.41, 5.74) is 3.34. The van der Waals surface area contributed by atoms with E-state index in [1.807, 2.05) is 18.5 Å². The van der Waals surface area contributed by atoms with Crippen molar-refractivity contribution in [3.8, 4) is 0 Å². The minimum atomic E-state index is -1.03. The summed E-state index contributed by atoms with van der Waals surface area (Å²) >= 11 is 0. The van der Waals surface area contributed by atoms with Crippen LogP contribution in [0.3, 0.4) is 0 Å². The van der Waals surface area contributed by atoms with Crippen LogP contribution in [0.25, 0.3) is 0 Å². The molecule has 27 heavy (non-hydrogen) atoms. The molecule has 2 heterocycles. The molecular formula is C20H29N3O4. The van der Waals surface area contributed by atoms with Gasteiger partial charge in [-0.1, -0.05) is 13.8 Å². The Balaban J connectivity index is 1.98. The molecule has 0 atom stereocenters. The molecule has 0 aliphatic heterocycles. The quantitative estimate of drug-likeness (QED) is 0.764. The Bertz CT molecular complexity index is 833. The molecule has 2 rings (SSSR count). The summed E-state index contributed by atoms with van der Waals surface area (Å²) in [4.78, 5) is 25.2. The summed E-state index contributed by atoms with van der Waals surface area (Å²) in [6, 6.07) is 1.48. The van der Waals surface area contributed by atoms with Gasteiger partial charge < -0.3 is 14.4 Å². The van der Waals surface area contributed by atoms with Crippen LogP contribution in [0.1, 0.15) is 59.1 Å². The number of carboxylic acids is 1. The molecule has 0 bridgehead atoms. The molecule has 0 saturated carbocycles. The molecule has 0 spiro atoms. The van der Waals surface area contributed by atoms with Crippen molar-refractivity contribution in [1.82, 2.24) is 14.7 Å². The lowest BCUT2D eigenvalue weighted by Gasteiger charge is -2.15. The summed E-state index contributed by atoms with van der Waals surface area (Å²) in [5.74, 6) is 0.285. The summed E-state index contributed by atoms with van der Waals surface area (Å²) in [6.07, 6.45) is 1.01. The van der Waals surface area contributed by atoms with E-state index in [0.29, 0.717) is 30.3 Å². The molecule has 0 aromatic carbocycles. The van der Waals surface area contributed by atoms with Crippen molar-refractivity contribution in [2.75, 3.05) is 7.05 Å². The van der Waals surface area contributed by atoms with Gasteiger partial charge in [-0.05, 0) is 44.7 Å². The molecule has 1 N–H and O–H groups in total. The SMILES string of the molecule is Cc1nn(CC(C)C)c(C)c1CCC(=O)N(C)Cc1cc(C(=O)O)c(C)o1. The zero-order chi connectivity index (χ0) is 20.3.